The van der Waals surface area contributed by atoms with E-state index in [9.17, 15) is 19.2 Å². The van der Waals surface area contributed by atoms with E-state index < -0.39 is 23.8 Å². The Labute approximate surface area is 144 Å². The number of hydrogen-bond acceptors (Lipinski definition) is 5. The quantitative estimate of drug-likeness (QED) is 0.805. The fourth-order valence-electron chi connectivity index (χ4n) is 3.59. The van der Waals surface area contributed by atoms with Crippen LogP contribution < -0.4 is 10.6 Å². The fraction of sp³-hybridized carbons (Fsp3) is 0.444. The number of carbonyl (C=O) groups excluding carboxylic acids is 4. The molecule has 2 heterocycles. The first kappa shape index (κ1) is 15.8. The van der Waals surface area contributed by atoms with Crippen molar-refractivity contribution in [1.82, 2.24) is 10.2 Å². The molecule has 3 aliphatic rings. The zero-order valence-corrected chi connectivity index (χ0v) is 13.9. The van der Waals surface area contributed by atoms with E-state index in [0.717, 1.165) is 4.90 Å². The van der Waals surface area contributed by atoms with Gasteiger partial charge in [0, 0.05) is 18.2 Å². The lowest BCUT2D eigenvalue weighted by molar-refractivity contribution is -0.136. The van der Waals surface area contributed by atoms with Crippen LogP contribution >= 0.6 is 0 Å². The molecule has 4 rings (SSSR count). The first-order chi connectivity index (χ1) is 12.0. The summed E-state index contributed by atoms with van der Waals surface area (Å²) in [5, 5.41) is 5.55. The number of benzene rings is 1. The first-order valence-electron chi connectivity index (χ1n) is 8.58. The third kappa shape index (κ3) is 2.59. The molecule has 4 amide bonds. The molecule has 1 aromatic rings. The molecule has 0 spiro atoms. The maximum atomic E-state index is 12.9. The highest BCUT2D eigenvalue weighted by atomic mass is 16.2. The second-order valence-electron chi connectivity index (χ2n) is 6.95. The minimum Gasteiger partial charge on any atom is -0.382 e. The Kier molecular flexibility index (Phi) is 3.59. The number of anilines is 1. The molecular formula is C18H19N3O4. The van der Waals surface area contributed by atoms with Crippen LogP contribution in [0.2, 0.25) is 0 Å². The van der Waals surface area contributed by atoms with Crippen LogP contribution in [0, 0.1) is 5.92 Å². The lowest BCUT2D eigenvalue weighted by Gasteiger charge is -2.27. The average Bonchev–Trinajstić information content (AvgIpc) is 3.38. The van der Waals surface area contributed by atoms with Crippen LogP contribution in [-0.4, -0.2) is 40.6 Å². The third-order valence-corrected chi connectivity index (χ3v) is 5.18. The van der Waals surface area contributed by atoms with Crippen LogP contribution in [0.5, 0.6) is 0 Å². The summed E-state index contributed by atoms with van der Waals surface area (Å²) in [5.74, 6) is -1.32. The maximum Gasteiger partial charge on any atom is 0.264 e. The highest BCUT2D eigenvalue weighted by Crippen LogP contribution is 2.37. The lowest BCUT2D eigenvalue weighted by Crippen LogP contribution is -2.54. The van der Waals surface area contributed by atoms with Gasteiger partial charge in [0.1, 0.15) is 6.04 Å². The van der Waals surface area contributed by atoms with Gasteiger partial charge < -0.3 is 5.32 Å². The molecule has 130 valence electrons. The molecule has 1 saturated carbocycles. The topological polar surface area (TPSA) is 95.6 Å². The number of carbonyl (C=O) groups is 4. The third-order valence-electron chi connectivity index (χ3n) is 5.18. The Bertz CT molecular complexity index is 800. The van der Waals surface area contributed by atoms with Crippen LogP contribution in [0.3, 0.4) is 0 Å². The highest BCUT2D eigenvalue weighted by Gasteiger charge is 2.45. The number of hydrogen-bond donors (Lipinski definition) is 2. The van der Waals surface area contributed by atoms with Gasteiger partial charge >= 0.3 is 0 Å². The molecule has 1 saturated heterocycles. The molecule has 7 nitrogen and oxygen atoms in total. The van der Waals surface area contributed by atoms with E-state index in [-0.39, 0.29) is 24.8 Å². The summed E-state index contributed by atoms with van der Waals surface area (Å²) < 4.78 is 0. The van der Waals surface area contributed by atoms with E-state index >= 15 is 0 Å². The molecule has 25 heavy (non-hydrogen) atoms. The Morgan fingerprint density at radius 2 is 1.88 bits per heavy atom. The normalized spacial score (nSPS) is 24.2. The summed E-state index contributed by atoms with van der Waals surface area (Å²) in [4.78, 5) is 50.1. The minimum atomic E-state index is -0.932. The summed E-state index contributed by atoms with van der Waals surface area (Å²) in [6.45, 7) is 2.07. The van der Waals surface area contributed by atoms with Gasteiger partial charge in [-0.15, -0.1) is 0 Å². The lowest BCUT2D eigenvalue weighted by atomic mass is 10.0. The molecule has 2 N–H and O–H groups in total. The summed E-state index contributed by atoms with van der Waals surface area (Å²) in [5.41, 5.74) is 1.26. The van der Waals surface area contributed by atoms with E-state index in [1.54, 1.807) is 18.2 Å². The van der Waals surface area contributed by atoms with Gasteiger partial charge in [-0.2, -0.15) is 0 Å². The molecule has 1 aromatic carbocycles. The van der Waals surface area contributed by atoms with Crippen molar-refractivity contribution in [3.05, 3.63) is 29.3 Å². The van der Waals surface area contributed by atoms with Crippen LogP contribution in [0.15, 0.2) is 18.2 Å². The number of amides is 4. The zero-order chi connectivity index (χ0) is 17.7. The molecule has 1 unspecified atom stereocenters. The average molecular weight is 341 g/mol. The Morgan fingerprint density at radius 1 is 1.12 bits per heavy atom. The molecule has 0 radical (unpaired) electrons. The maximum absolute atomic E-state index is 12.9. The van der Waals surface area contributed by atoms with Gasteiger partial charge in [-0.3, -0.25) is 29.4 Å². The molecule has 2 fully saturated rings. The molecule has 0 bridgehead atoms. The van der Waals surface area contributed by atoms with Crippen molar-refractivity contribution in [3.63, 3.8) is 0 Å². The van der Waals surface area contributed by atoms with Crippen LogP contribution in [0.1, 0.15) is 53.3 Å². The van der Waals surface area contributed by atoms with Crippen molar-refractivity contribution >= 4 is 29.3 Å². The standard InChI is InChI=1S/C18H19N3O4/c1-9(10-5-6-10)19-12-4-2-3-11-15(12)18(25)21(17(11)24)13-7-8-14(22)20-16(13)23/h2-4,9-10,13,19H,5-8H2,1H3,(H,20,22,23)/t9-,13?/m0/s1. The Balaban J connectivity index is 1.65. The predicted octanol–water partition coefficient (Wildman–Crippen LogP) is 1.30. The Hall–Kier alpha value is -2.70. The molecule has 2 aliphatic heterocycles. The highest BCUT2D eigenvalue weighted by molar-refractivity contribution is 6.25. The second kappa shape index (κ2) is 5.68. The van der Waals surface area contributed by atoms with Crippen LogP contribution in [0.4, 0.5) is 5.69 Å². The largest absolute Gasteiger partial charge is 0.382 e. The van der Waals surface area contributed by atoms with E-state index in [2.05, 4.69) is 17.6 Å². The smallest absolute Gasteiger partial charge is 0.264 e. The van der Waals surface area contributed by atoms with Gasteiger partial charge in [0.05, 0.1) is 11.1 Å². The van der Waals surface area contributed by atoms with Crippen LogP contribution in [0.25, 0.3) is 0 Å². The van der Waals surface area contributed by atoms with Gasteiger partial charge in [0.25, 0.3) is 11.8 Å². The molecular weight excluding hydrogens is 322 g/mol. The fourth-order valence-corrected chi connectivity index (χ4v) is 3.59. The van der Waals surface area contributed by atoms with E-state index in [1.165, 1.54) is 12.8 Å². The zero-order valence-electron chi connectivity index (χ0n) is 13.9. The molecule has 1 aliphatic carbocycles. The second-order valence-corrected chi connectivity index (χ2v) is 6.95. The van der Waals surface area contributed by atoms with Crippen LogP contribution in [-0.2, 0) is 9.59 Å². The van der Waals surface area contributed by atoms with Crippen molar-refractivity contribution < 1.29 is 19.2 Å². The monoisotopic (exact) mass is 341 g/mol. The van der Waals surface area contributed by atoms with Crippen molar-refractivity contribution in [3.8, 4) is 0 Å². The number of fused-ring (bicyclic) bond motifs is 1. The van der Waals surface area contributed by atoms with E-state index in [1.807, 2.05) is 0 Å². The summed E-state index contributed by atoms with van der Waals surface area (Å²) in [6, 6.07) is 4.42. The number of nitrogens with one attached hydrogen (secondary N) is 2. The summed E-state index contributed by atoms with van der Waals surface area (Å²) in [6.07, 6.45) is 2.61. The minimum absolute atomic E-state index is 0.119. The van der Waals surface area contributed by atoms with Gasteiger partial charge in [-0.05, 0) is 44.2 Å². The Morgan fingerprint density at radius 3 is 2.56 bits per heavy atom. The molecule has 7 heteroatoms. The van der Waals surface area contributed by atoms with Gasteiger partial charge in [-0.25, -0.2) is 0 Å². The number of imide groups is 2. The van der Waals surface area contributed by atoms with Crippen molar-refractivity contribution in [2.45, 2.75) is 44.7 Å². The van der Waals surface area contributed by atoms with Gasteiger partial charge in [0.15, 0.2) is 0 Å². The summed E-state index contributed by atoms with van der Waals surface area (Å²) >= 11 is 0. The summed E-state index contributed by atoms with van der Waals surface area (Å²) in [7, 11) is 0. The number of rotatable bonds is 4. The van der Waals surface area contributed by atoms with E-state index in [0.29, 0.717) is 22.7 Å². The number of nitrogens with zero attached hydrogens (tertiary/aromatic N) is 1. The number of piperidine rings is 1. The molecule has 2 atom stereocenters. The SMILES string of the molecule is C[C@H](Nc1cccc2c1C(=O)N(C1CCC(=O)NC1=O)C2=O)C1CC1. The van der Waals surface area contributed by atoms with Gasteiger partial charge in [-0.1, -0.05) is 6.07 Å². The van der Waals surface area contributed by atoms with Crippen molar-refractivity contribution in [2.24, 2.45) is 5.92 Å². The van der Waals surface area contributed by atoms with E-state index in [4.69, 9.17) is 0 Å². The van der Waals surface area contributed by atoms with Gasteiger partial charge in [0.2, 0.25) is 11.8 Å². The molecule has 0 aromatic heterocycles. The predicted molar refractivity (Wildman–Crippen MR) is 88.9 cm³/mol. The van der Waals surface area contributed by atoms with Crippen molar-refractivity contribution in [1.29, 1.82) is 0 Å². The van der Waals surface area contributed by atoms with Crippen molar-refractivity contribution in [2.75, 3.05) is 5.32 Å². The first-order valence-corrected chi connectivity index (χ1v) is 8.58.